The van der Waals surface area contributed by atoms with Crippen LogP contribution in [0.15, 0.2) is 39.1 Å². The Labute approximate surface area is 112 Å². The maximum Gasteiger partial charge on any atom is 0.339 e. The van der Waals surface area contributed by atoms with Crippen molar-refractivity contribution in [2.75, 3.05) is 6.61 Å². The molecule has 0 spiro atoms. The van der Waals surface area contributed by atoms with Crippen LogP contribution < -0.4 is 10.4 Å². The maximum atomic E-state index is 11.7. The average Bonchev–Trinajstić information content (AvgIpc) is 2.35. The number of aryl methyl sites for hydroxylation is 1. The van der Waals surface area contributed by atoms with E-state index in [1.54, 1.807) is 13.0 Å². The first kappa shape index (κ1) is 13.4. The molecule has 0 N–H and O–H groups in total. The molecular formula is C16H18O3. The molecule has 0 unspecified atom stereocenters. The Morgan fingerprint density at radius 3 is 2.68 bits per heavy atom. The van der Waals surface area contributed by atoms with Crippen molar-refractivity contribution in [3.05, 3.63) is 51.4 Å². The number of benzene rings is 1. The van der Waals surface area contributed by atoms with E-state index < -0.39 is 0 Å². The largest absolute Gasteiger partial charge is 0.489 e. The van der Waals surface area contributed by atoms with Crippen molar-refractivity contribution < 1.29 is 9.15 Å². The van der Waals surface area contributed by atoms with Gasteiger partial charge in [-0.3, -0.25) is 0 Å². The van der Waals surface area contributed by atoms with Gasteiger partial charge in [-0.25, -0.2) is 4.79 Å². The van der Waals surface area contributed by atoms with Crippen molar-refractivity contribution >= 4 is 11.0 Å². The highest BCUT2D eigenvalue weighted by atomic mass is 16.5. The quantitative estimate of drug-likeness (QED) is 0.621. The van der Waals surface area contributed by atoms with Gasteiger partial charge in [-0.2, -0.15) is 0 Å². The summed E-state index contributed by atoms with van der Waals surface area (Å²) in [5.74, 6) is 0.705. The summed E-state index contributed by atoms with van der Waals surface area (Å²) in [7, 11) is 0. The van der Waals surface area contributed by atoms with Crippen LogP contribution in [0.25, 0.3) is 11.0 Å². The lowest BCUT2D eigenvalue weighted by Gasteiger charge is -2.07. The topological polar surface area (TPSA) is 39.4 Å². The minimum Gasteiger partial charge on any atom is -0.489 e. The summed E-state index contributed by atoms with van der Waals surface area (Å²) in [5, 5.41) is 0.951. The molecule has 2 rings (SSSR count). The zero-order valence-corrected chi connectivity index (χ0v) is 11.7. The Balaban J connectivity index is 2.39. The fourth-order valence-electron chi connectivity index (χ4n) is 1.82. The SMILES string of the molecule is CC(C)=CCOc1ccc2c(C)c(C)c(=O)oc2c1. The van der Waals surface area contributed by atoms with Gasteiger partial charge in [0.2, 0.25) is 0 Å². The van der Waals surface area contributed by atoms with E-state index in [0.717, 1.165) is 10.9 Å². The summed E-state index contributed by atoms with van der Waals surface area (Å²) >= 11 is 0. The van der Waals surface area contributed by atoms with Gasteiger partial charge in [-0.15, -0.1) is 0 Å². The summed E-state index contributed by atoms with van der Waals surface area (Å²) in [5.41, 5.74) is 3.11. The third-order valence-corrected chi connectivity index (χ3v) is 3.17. The highest BCUT2D eigenvalue weighted by molar-refractivity contribution is 5.82. The molecule has 3 heteroatoms. The lowest BCUT2D eigenvalue weighted by molar-refractivity contribution is 0.361. The number of rotatable bonds is 3. The highest BCUT2D eigenvalue weighted by Gasteiger charge is 2.08. The molecule has 0 fully saturated rings. The Bertz CT molecular complexity index is 689. The fraction of sp³-hybridized carbons (Fsp3) is 0.312. The van der Waals surface area contributed by atoms with Crippen LogP contribution in [0.1, 0.15) is 25.0 Å². The van der Waals surface area contributed by atoms with Crippen molar-refractivity contribution in [1.29, 1.82) is 0 Å². The lowest BCUT2D eigenvalue weighted by Crippen LogP contribution is -2.05. The minimum absolute atomic E-state index is 0.286. The molecule has 2 aromatic rings. The summed E-state index contributed by atoms with van der Waals surface area (Å²) in [4.78, 5) is 11.7. The Morgan fingerprint density at radius 1 is 1.26 bits per heavy atom. The lowest BCUT2D eigenvalue weighted by atomic mass is 10.1. The predicted molar refractivity (Wildman–Crippen MR) is 76.9 cm³/mol. The number of hydrogen-bond acceptors (Lipinski definition) is 3. The normalized spacial score (nSPS) is 10.5. The summed E-state index contributed by atoms with van der Waals surface area (Å²) in [6, 6.07) is 5.59. The molecule has 1 heterocycles. The van der Waals surface area contributed by atoms with Gasteiger partial charge in [0.1, 0.15) is 17.9 Å². The second kappa shape index (κ2) is 5.31. The number of hydrogen-bond donors (Lipinski definition) is 0. The van der Waals surface area contributed by atoms with Crippen molar-refractivity contribution in [1.82, 2.24) is 0 Å². The standard InChI is InChI=1S/C16H18O3/c1-10(2)7-8-18-13-5-6-14-11(3)12(4)16(17)19-15(14)9-13/h5-7,9H,8H2,1-4H3. The van der Waals surface area contributed by atoms with Crippen LogP contribution in [0.3, 0.4) is 0 Å². The molecule has 0 radical (unpaired) electrons. The molecule has 0 saturated carbocycles. The van der Waals surface area contributed by atoms with Gasteiger partial charge in [0.15, 0.2) is 0 Å². The molecule has 0 saturated heterocycles. The Kier molecular flexibility index (Phi) is 3.74. The van der Waals surface area contributed by atoms with Crippen LogP contribution in [-0.4, -0.2) is 6.61 Å². The van der Waals surface area contributed by atoms with E-state index in [1.165, 1.54) is 5.57 Å². The molecule has 3 nitrogen and oxygen atoms in total. The van der Waals surface area contributed by atoms with Gasteiger partial charge in [0.25, 0.3) is 0 Å². The maximum absolute atomic E-state index is 11.7. The molecule has 0 aliphatic rings. The molecule has 1 aromatic carbocycles. The van der Waals surface area contributed by atoms with E-state index in [4.69, 9.17) is 9.15 Å². The van der Waals surface area contributed by atoms with E-state index in [2.05, 4.69) is 0 Å². The van der Waals surface area contributed by atoms with Gasteiger partial charge in [-0.05, 0) is 51.5 Å². The average molecular weight is 258 g/mol. The molecule has 0 amide bonds. The Morgan fingerprint density at radius 2 is 2.00 bits per heavy atom. The fourth-order valence-corrected chi connectivity index (χ4v) is 1.82. The minimum atomic E-state index is -0.286. The number of allylic oxidation sites excluding steroid dienone is 1. The summed E-state index contributed by atoms with van der Waals surface area (Å²) in [6.45, 7) is 8.27. The first-order chi connectivity index (χ1) is 8.99. The van der Waals surface area contributed by atoms with Crippen molar-refractivity contribution in [2.24, 2.45) is 0 Å². The smallest absolute Gasteiger partial charge is 0.339 e. The molecule has 19 heavy (non-hydrogen) atoms. The first-order valence-electron chi connectivity index (χ1n) is 6.29. The van der Waals surface area contributed by atoms with Crippen LogP contribution in [0.2, 0.25) is 0 Å². The van der Waals surface area contributed by atoms with Gasteiger partial charge in [0, 0.05) is 17.0 Å². The van der Waals surface area contributed by atoms with Crippen molar-refractivity contribution in [3.8, 4) is 5.75 Å². The van der Waals surface area contributed by atoms with E-state index in [-0.39, 0.29) is 5.63 Å². The zero-order valence-electron chi connectivity index (χ0n) is 11.7. The summed E-state index contributed by atoms with van der Waals surface area (Å²) in [6.07, 6.45) is 2.00. The predicted octanol–water partition coefficient (Wildman–Crippen LogP) is 3.75. The molecule has 0 aliphatic heterocycles. The second-order valence-corrected chi connectivity index (χ2v) is 4.89. The van der Waals surface area contributed by atoms with Gasteiger partial charge in [0.05, 0.1) is 0 Å². The van der Waals surface area contributed by atoms with Crippen LogP contribution in [0, 0.1) is 13.8 Å². The molecule has 0 aliphatic carbocycles. The van der Waals surface area contributed by atoms with E-state index in [9.17, 15) is 4.79 Å². The third kappa shape index (κ3) is 2.87. The zero-order chi connectivity index (χ0) is 14.0. The molecule has 0 bridgehead atoms. The van der Waals surface area contributed by atoms with E-state index in [0.29, 0.717) is 23.5 Å². The van der Waals surface area contributed by atoms with Crippen LogP contribution >= 0.6 is 0 Å². The van der Waals surface area contributed by atoms with E-state index >= 15 is 0 Å². The highest BCUT2D eigenvalue weighted by Crippen LogP contribution is 2.23. The third-order valence-electron chi connectivity index (χ3n) is 3.17. The van der Waals surface area contributed by atoms with Gasteiger partial charge >= 0.3 is 5.63 Å². The van der Waals surface area contributed by atoms with Crippen LogP contribution in [-0.2, 0) is 0 Å². The van der Waals surface area contributed by atoms with Crippen LogP contribution in [0.4, 0.5) is 0 Å². The Hall–Kier alpha value is -2.03. The molecule has 100 valence electrons. The van der Waals surface area contributed by atoms with Crippen LogP contribution in [0.5, 0.6) is 5.75 Å². The monoisotopic (exact) mass is 258 g/mol. The van der Waals surface area contributed by atoms with Gasteiger partial charge in [-0.1, -0.05) is 5.57 Å². The van der Waals surface area contributed by atoms with Gasteiger partial charge < -0.3 is 9.15 Å². The molecule has 0 atom stereocenters. The second-order valence-electron chi connectivity index (χ2n) is 4.89. The van der Waals surface area contributed by atoms with Crippen molar-refractivity contribution in [3.63, 3.8) is 0 Å². The molecule has 1 aromatic heterocycles. The van der Waals surface area contributed by atoms with Crippen molar-refractivity contribution in [2.45, 2.75) is 27.7 Å². The van der Waals surface area contributed by atoms with E-state index in [1.807, 2.05) is 39.0 Å². The summed E-state index contributed by atoms with van der Waals surface area (Å²) < 4.78 is 10.9. The molecular weight excluding hydrogens is 240 g/mol. The number of ether oxygens (including phenoxy) is 1. The first-order valence-corrected chi connectivity index (χ1v) is 6.29. The number of fused-ring (bicyclic) bond motifs is 1.